The molecule has 37 nitrogen and oxygen atoms in total. The Morgan fingerprint density at radius 3 is 0.949 bits per heavy atom. The molecule has 15 heterocycles. The van der Waals surface area contributed by atoms with Gasteiger partial charge < -0.3 is 103 Å². The van der Waals surface area contributed by atoms with Crippen molar-refractivity contribution in [1.82, 2.24) is 88.7 Å². The van der Waals surface area contributed by atoms with Gasteiger partial charge in [0.2, 0.25) is 22.5 Å². The zero-order chi connectivity index (χ0) is 94.3. The van der Waals surface area contributed by atoms with Crippen LogP contribution < -0.4 is 49.8 Å². The number of nitrogens with zero attached hydrogens (tertiary/aromatic N) is 24. The van der Waals surface area contributed by atoms with E-state index >= 15 is 0 Å². The first-order valence-corrected chi connectivity index (χ1v) is 46.0. The fraction of sp³-hybridized carbons (Fsp3) is 0.312. The number of phenols is 3. The molecule has 3 saturated heterocycles. The number of anilines is 8. The molecule has 0 aliphatic carbocycles. The van der Waals surface area contributed by atoms with Crippen LogP contribution in [0.2, 0.25) is 15.7 Å². The number of aromatic nitrogens is 16. The molecule has 7 aliphatic rings. The van der Waals surface area contributed by atoms with E-state index < -0.39 is 5.97 Å². The van der Waals surface area contributed by atoms with Gasteiger partial charge in [0, 0.05) is 148 Å². The summed E-state index contributed by atoms with van der Waals surface area (Å²) in [7, 11) is 0. The second kappa shape index (κ2) is 44.3. The van der Waals surface area contributed by atoms with Crippen molar-refractivity contribution in [3.63, 3.8) is 0 Å². The maximum absolute atomic E-state index is 12.3. The van der Waals surface area contributed by atoms with Crippen molar-refractivity contribution in [1.29, 1.82) is 0 Å². The van der Waals surface area contributed by atoms with Gasteiger partial charge in [-0.25, -0.2) is 24.9 Å². The highest BCUT2D eigenvalue weighted by Crippen LogP contribution is 2.38. The Balaban J connectivity index is 0.000000125. The SMILES string of the molecule is CCOC(=O)Cn1cnc2c(Cl)nc(Cl)nc21.CCOC(=O)Cn1cnc2c(N3Cc4ccccc4C3)nc(Cl)nc21.CCOC(=O)Cn1cnc2c(N3Cc4ccccc4C3)nc(N3CCN(c4ccc(O)cc4)CC3)nc21.Cl.O=C(O)Cn1cnc2c(N3Cc4ccccc4C3)nc(N3CCN(c4ccc(O)cc4)CC3)nc21.Oc1ccc(N2CCNCC2)cc1.c1ccc2c(c1)CNC2. The van der Waals surface area contributed by atoms with Gasteiger partial charge in [-0.05, 0) is 161 Å². The molecular weight excluding hydrogens is 1840 g/mol. The lowest BCUT2D eigenvalue weighted by Crippen LogP contribution is -2.47. The highest BCUT2D eigenvalue weighted by Gasteiger charge is 2.32. The van der Waals surface area contributed by atoms with Gasteiger partial charge in [-0.1, -0.05) is 109 Å². The van der Waals surface area contributed by atoms with Gasteiger partial charge in [-0.3, -0.25) is 19.2 Å². The number of nitrogens with one attached hydrogen (secondary N) is 2. The molecular formula is C96H102Cl4N26O11. The smallest absolute Gasteiger partial charge is 0.326 e. The van der Waals surface area contributed by atoms with Gasteiger partial charge in [0.1, 0.15) is 48.9 Å². The maximum atomic E-state index is 12.3. The van der Waals surface area contributed by atoms with Crippen LogP contribution in [0.1, 0.15) is 65.3 Å². The van der Waals surface area contributed by atoms with Crippen LogP contribution in [0.4, 0.5) is 46.4 Å². The molecule has 0 atom stereocenters. The lowest BCUT2D eigenvalue weighted by Gasteiger charge is -2.36. The molecule has 137 heavy (non-hydrogen) atoms. The largest absolute Gasteiger partial charge is 0.508 e. The number of carbonyl (C=O) groups excluding carboxylic acids is 3. The number of piperazine rings is 3. The Morgan fingerprint density at radius 2 is 0.613 bits per heavy atom. The second-order valence-corrected chi connectivity index (χ2v) is 33.8. The number of benzene rings is 7. The van der Waals surface area contributed by atoms with Crippen molar-refractivity contribution < 1.29 is 53.8 Å². The minimum atomic E-state index is -0.942. The van der Waals surface area contributed by atoms with Crippen LogP contribution in [-0.2, 0) is 112 Å². The van der Waals surface area contributed by atoms with Gasteiger partial charge in [-0.15, -0.1) is 12.4 Å². The lowest BCUT2D eigenvalue weighted by molar-refractivity contribution is -0.144. The number of aliphatic carboxylic acids is 1. The molecule has 0 bridgehead atoms. The number of hydrogen-bond donors (Lipinski definition) is 6. The van der Waals surface area contributed by atoms with Crippen molar-refractivity contribution in [3.05, 3.63) is 255 Å². The Kier molecular flexibility index (Phi) is 30.9. The van der Waals surface area contributed by atoms with Gasteiger partial charge >= 0.3 is 23.9 Å². The number of carboxylic acids is 1. The number of carbonyl (C=O) groups is 4. The summed E-state index contributed by atoms with van der Waals surface area (Å²) in [6.45, 7) is 23.0. The number of esters is 3. The number of rotatable bonds is 19. The van der Waals surface area contributed by atoms with Crippen LogP contribution >= 0.6 is 47.2 Å². The van der Waals surface area contributed by atoms with E-state index in [-0.39, 0.29) is 83.7 Å². The van der Waals surface area contributed by atoms with Crippen LogP contribution in [0.25, 0.3) is 44.7 Å². The van der Waals surface area contributed by atoms with Crippen LogP contribution in [0.15, 0.2) is 195 Å². The summed E-state index contributed by atoms with van der Waals surface area (Å²) in [5.74, 6) is 2.27. The highest BCUT2D eigenvalue weighted by molar-refractivity contribution is 6.35. The summed E-state index contributed by atoms with van der Waals surface area (Å²) < 4.78 is 21.5. The average Bonchev–Trinajstić information content (AvgIpc) is 1.62. The maximum Gasteiger partial charge on any atom is 0.326 e. The van der Waals surface area contributed by atoms with E-state index in [4.69, 9.17) is 74.1 Å². The summed E-state index contributed by atoms with van der Waals surface area (Å²) in [5, 5.41) is 44.6. The first kappa shape index (κ1) is 95.6. The van der Waals surface area contributed by atoms with E-state index in [2.05, 4.69) is 163 Å². The third-order valence-electron chi connectivity index (χ3n) is 23.9. The molecule has 0 saturated carbocycles. The Bertz CT molecular complexity index is 6650. The predicted molar refractivity (Wildman–Crippen MR) is 525 cm³/mol. The van der Waals surface area contributed by atoms with Crippen molar-refractivity contribution in [3.8, 4) is 17.2 Å². The lowest BCUT2D eigenvalue weighted by atomic mass is 10.1. The van der Waals surface area contributed by atoms with Crippen molar-refractivity contribution >= 4 is 162 Å². The van der Waals surface area contributed by atoms with Crippen molar-refractivity contribution in [2.24, 2.45) is 0 Å². The molecule has 0 spiro atoms. The summed E-state index contributed by atoms with van der Waals surface area (Å²) >= 11 is 17.7. The third kappa shape index (κ3) is 23.0. The topological polar surface area (TPSA) is 401 Å². The summed E-state index contributed by atoms with van der Waals surface area (Å²) in [6.07, 6.45) is 6.19. The monoisotopic (exact) mass is 1930 g/mol. The summed E-state index contributed by atoms with van der Waals surface area (Å²) in [5.41, 5.74) is 18.3. The zero-order valence-electron chi connectivity index (χ0n) is 75.5. The number of hydrogen-bond acceptors (Lipinski definition) is 32. The Hall–Kier alpha value is -14.5. The number of ether oxygens (including phenoxy) is 3. The minimum Gasteiger partial charge on any atom is -0.508 e. The van der Waals surface area contributed by atoms with E-state index in [9.17, 15) is 34.5 Å². The highest BCUT2D eigenvalue weighted by atomic mass is 35.5. The van der Waals surface area contributed by atoms with E-state index in [0.717, 1.165) is 154 Å². The molecule has 8 aromatic heterocycles. The molecule has 15 aromatic rings. The molecule has 0 amide bonds. The van der Waals surface area contributed by atoms with Crippen LogP contribution in [-0.4, -0.2) is 221 Å². The first-order chi connectivity index (χ1) is 66.2. The van der Waals surface area contributed by atoms with Gasteiger partial charge in [0.25, 0.3) is 0 Å². The third-order valence-corrected chi connectivity index (χ3v) is 24.5. The Morgan fingerprint density at radius 1 is 0.328 bits per heavy atom. The number of fused-ring (bicyclic) bond motifs is 8. The normalized spacial score (nSPS) is 14.6. The van der Waals surface area contributed by atoms with Gasteiger partial charge in [0.05, 0.1) is 45.1 Å². The molecule has 0 unspecified atom stereocenters. The second-order valence-electron chi connectivity index (χ2n) is 32.8. The molecule has 7 aromatic carbocycles. The molecule has 41 heteroatoms. The van der Waals surface area contributed by atoms with E-state index in [0.29, 0.717) is 87.9 Å². The average molecular weight is 1940 g/mol. The van der Waals surface area contributed by atoms with Crippen LogP contribution in [0, 0.1) is 0 Å². The molecule has 7 aliphatic heterocycles. The number of imidazole rings is 4. The van der Waals surface area contributed by atoms with Gasteiger partial charge in [0.15, 0.2) is 61.7 Å². The number of phenolic OH excluding ortho intramolecular Hbond substituents is 3. The number of carboxylic acid groups (broad SMARTS) is 1. The van der Waals surface area contributed by atoms with Crippen molar-refractivity contribution in [2.45, 2.75) is 99.3 Å². The van der Waals surface area contributed by atoms with Gasteiger partial charge in [-0.2, -0.15) is 34.9 Å². The first-order valence-electron chi connectivity index (χ1n) is 44.9. The predicted octanol–water partition coefficient (Wildman–Crippen LogP) is 12.2. The number of aromatic hydroxyl groups is 3. The molecule has 3 fully saturated rings. The van der Waals surface area contributed by atoms with Crippen molar-refractivity contribution in [2.75, 3.05) is 138 Å². The van der Waals surface area contributed by atoms with Crippen LogP contribution in [0.5, 0.6) is 17.2 Å². The fourth-order valence-electron chi connectivity index (χ4n) is 17.1. The van der Waals surface area contributed by atoms with E-state index in [1.807, 2.05) is 60.7 Å². The quantitative estimate of drug-likeness (QED) is 0.0189. The summed E-state index contributed by atoms with van der Waals surface area (Å²) in [4.78, 5) is 118. The zero-order valence-corrected chi connectivity index (χ0v) is 78.6. The molecule has 6 N–H and O–H groups in total. The number of halogens is 4. The van der Waals surface area contributed by atoms with Crippen LogP contribution in [0.3, 0.4) is 0 Å². The standard InChI is InChI=1S/C27H29N7O3.C25H25N7O3.C17H16ClN5O2.C10H14N2O.C9H8Cl2N4O2.C8H9N.ClH/c1-2-37-23(36)17-34-18-28-24-25(33-15-19-5-3-4-6-20(19)16-33)29-27(30-26(24)34)32-13-11-31(12-14-32)21-7-9-22(35)10-8-21;33-20-7-5-19(6-8-20)29-9-11-30(12-10-29)25-27-23(31-13-17-3-1-2-4-18(17)14-31)22-24(28-25)32(16-26-22)15-21(34)35;1-2-25-13(24)9-23-10-19-14-15(20-17(18)21-16(14)23)22-7-11-5-3-4-6-12(11)8-22;13-10-3-1-9(2-4-10)12-7-5-11-6-8-12;1-2-17-5(16)3-15-4-12-6-7(10)13-9(11)14-8(6)15;1-2-4-8-6-9-5-7(8)3-1;/h3-10,18,35H,2,11-17H2,1H3;1-8,16,33H,9-15H2,(H,34,35);3-6,10H,2,7-9H2,1H3;1-4,11,13H,5-8H2;4H,2-3H2,1H3;1-4,9H,5-6H2;1H. The molecule has 0 radical (unpaired) electrons. The van der Waals surface area contributed by atoms with E-state index in [1.165, 1.54) is 67.4 Å². The summed E-state index contributed by atoms with van der Waals surface area (Å²) in [6, 6.07) is 55.5. The fourth-order valence-corrected chi connectivity index (χ4v) is 17.7. The molecule has 710 valence electrons. The minimum absolute atomic E-state index is 0. The Labute approximate surface area is 809 Å². The molecule has 22 rings (SSSR count). The van der Waals surface area contributed by atoms with E-state index in [1.54, 1.807) is 83.5 Å².